The van der Waals surface area contributed by atoms with Crippen LogP contribution >= 0.6 is 0 Å². The van der Waals surface area contributed by atoms with Crippen LogP contribution < -0.4 is 0 Å². The van der Waals surface area contributed by atoms with E-state index in [-0.39, 0.29) is 18.6 Å². The van der Waals surface area contributed by atoms with Crippen LogP contribution in [0.25, 0.3) is 0 Å². The van der Waals surface area contributed by atoms with Crippen molar-refractivity contribution in [2.24, 2.45) is 5.16 Å². The lowest BCUT2D eigenvalue weighted by molar-refractivity contribution is -0.144. The lowest BCUT2D eigenvalue weighted by Crippen LogP contribution is -2.03. The van der Waals surface area contributed by atoms with Gasteiger partial charge in [-0.2, -0.15) is 0 Å². The summed E-state index contributed by atoms with van der Waals surface area (Å²) >= 11 is 0. The number of carbonyl (C=O) groups excluding carboxylic acids is 2. The fraction of sp³-hybridized carbons (Fsp3) is 0.625. The minimum atomic E-state index is -0.466. The summed E-state index contributed by atoms with van der Waals surface area (Å²) in [6.07, 6.45) is 0.323. The summed E-state index contributed by atoms with van der Waals surface area (Å²) < 4.78 is 0. The van der Waals surface area contributed by atoms with E-state index in [1.54, 1.807) is 13.8 Å². The molecule has 0 saturated heterocycles. The van der Waals surface area contributed by atoms with Crippen molar-refractivity contribution < 1.29 is 14.4 Å². The smallest absolute Gasteiger partial charge is 0.318 e. The molecule has 0 N–H and O–H groups in total. The van der Waals surface area contributed by atoms with Crippen LogP contribution in [0.1, 0.15) is 33.6 Å². The Bertz CT molecular complexity index is 204. The fourth-order valence-corrected chi connectivity index (χ4v) is 0.466. The van der Waals surface area contributed by atoms with E-state index >= 15 is 0 Å². The number of oxime groups is 1. The molecule has 0 bridgehead atoms. The van der Waals surface area contributed by atoms with Crippen LogP contribution in [0.4, 0.5) is 0 Å². The third-order valence-corrected chi connectivity index (χ3v) is 1.01. The zero-order valence-electron chi connectivity index (χ0n) is 7.59. The molecule has 0 aromatic rings. The maximum Gasteiger partial charge on any atom is 0.335 e. The molecule has 0 spiro atoms. The van der Waals surface area contributed by atoms with E-state index < -0.39 is 5.97 Å². The van der Waals surface area contributed by atoms with Crippen molar-refractivity contribution in [3.63, 3.8) is 0 Å². The number of hydrogen-bond acceptors (Lipinski definition) is 4. The van der Waals surface area contributed by atoms with E-state index in [0.717, 1.165) is 0 Å². The SMILES string of the molecule is CC(=O)CCC(=O)ON=C(C)C. The third kappa shape index (κ3) is 6.92. The summed E-state index contributed by atoms with van der Waals surface area (Å²) in [5.74, 6) is -0.490. The summed E-state index contributed by atoms with van der Waals surface area (Å²) in [6, 6.07) is 0. The molecule has 0 unspecified atom stereocenters. The van der Waals surface area contributed by atoms with Gasteiger partial charge in [-0.3, -0.25) is 0 Å². The molecule has 0 aliphatic heterocycles. The Morgan fingerprint density at radius 3 is 2.17 bits per heavy atom. The molecular weight excluding hydrogens is 158 g/mol. The molecule has 0 atom stereocenters. The standard InChI is InChI=1S/C8H13NO3/c1-6(2)9-12-8(11)5-4-7(3)10/h4-5H2,1-3H3. The van der Waals surface area contributed by atoms with Gasteiger partial charge in [0.1, 0.15) is 5.78 Å². The number of carbonyl (C=O) groups is 2. The van der Waals surface area contributed by atoms with Crippen LogP contribution in [-0.2, 0) is 14.4 Å². The van der Waals surface area contributed by atoms with E-state index in [9.17, 15) is 9.59 Å². The van der Waals surface area contributed by atoms with E-state index in [1.165, 1.54) is 6.92 Å². The summed E-state index contributed by atoms with van der Waals surface area (Å²) in [4.78, 5) is 25.7. The monoisotopic (exact) mass is 171 g/mol. The van der Waals surface area contributed by atoms with Gasteiger partial charge in [0.25, 0.3) is 0 Å². The van der Waals surface area contributed by atoms with Crippen molar-refractivity contribution in [2.45, 2.75) is 33.6 Å². The average Bonchev–Trinajstić information content (AvgIpc) is 1.96. The number of nitrogens with zero attached hydrogens (tertiary/aromatic N) is 1. The number of hydrogen-bond donors (Lipinski definition) is 0. The maximum absolute atomic E-state index is 10.8. The molecule has 68 valence electrons. The van der Waals surface area contributed by atoms with Crippen LogP contribution in [-0.4, -0.2) is 17.5 Å². The average molecular weight is 171 g/mol. The van der Waals surface area contributed by atoms with Gasteiger partial charge < -0.3 is 9.63 Å². The first-order chi connectivity index (χ1) is 5.52. The summed E-state index contributed by atoms with van der Waals surface area (Å²) in [6.45, 7) is 4.87. The Kier molecular flexibility index (Phi) is 4.92. The summed E-state index contributed by atoms with van der Waals surface area (Å²) in [5, 5.41) is 3.46. The Hall–Kier alpha value is -1.19. The lowest BCUT2D eigenvalue weighted by atomic mass is 10.2. The van der Waals surface area contributed by atoms with Crippen LogP contribution in [0.15, 0.2) is 5.16 Å². The Labute approximate surface area is 71.6 Å². The van der Waals surface area contributed by atoms with Crippen LogP contribution in [0.2, 0.25) is 0 Å². The highest BCUT2D eigenvalue weighted by Crippen LogP contribution is 1.94. The first-order valence-corrected chi connectivity index (χ1v) is 3.73. The predicted molar refractivity (Wildman–Crippen MR) is 44.8 cm³/mol. The molecule has 0 radical (unpaired) electrons. The molecule has 4 nitrogen and oxygen atoms in total. The first-order valence-electron chi connectivity index (χ1n) is 3.73. The maximum atomic E-state index is 10.8. The highest BCUT2D eigenvalue weighted by molar-refractivity contribution is 5.82. The van der Waals surface area contributed by atoms with Gasteiger partial charge in [-0.15, -0.1) is 0 Å². The highest BCUT2D eigenvalue weighted by Gasteiger charge is 2.03. The van der Waals surface area contributed by atoms with Gasteiger partial charge in [0, 0.05) is 6.42 Å². The van der Waals surface area contributed by atoms with E-state index in [4.69, 9.17) is 0 Å². The van der Waals surface area contributed by atoms with Crippen LogP contribution in [0.5, 0.6) is 0 Å². The second-order valence-corrected chi connectivity index (χ2v) is 2.70. The van der Waals surface area contributed by atoms with Gasteiger partial charge in [-0.1, -0.05) is 5.16 Å². The topological polar surface area (TPSA) is 55.7 Å². The molecule has 0 saturated carbocycles. The molecule has 0 heterocycles. The number of rotatable bonds is 4. The minimum absolute atomic E-state index is 0.0239. The summed E-state index contributed by atoms with van der Waals surface area (Å²) in [5.41, 5.74) is 0.672. The van der Waals surface area contributed by atoms with Gasteiger partial charge in [-0.05, 0) is 20.8 Å². The van der Waals surface area contributed by atoms with Gasteiger partial charge in [0.15, 0.2) is 0 Å². The molecule has 12 heavy (non-hydrogen) atoms. The second kappa shape index (κ2) is 5.46. The van der Waals surface area contributed by atoms with E-state index in [1.807, 2.05) is 0 Å². The Balaban J connectivity index is 3.61. The van der Waals surface area contributed by atoms with Crippen molar-refractivity contribution in [1.29, 1.82) is 0 Å². The van der Waals surface area contributed by atoms with E-state index in [2.05, 4.69) is 9.99 Å². The zero-order chi connectivity index (χ0) is 9.56. The van der Waals surface area contributed by atoms with Crippen molar-refractivity contribution >= 4 is 17.5 Å². The predicted octanol–water partition coefficient (Wildman–Crippen LogP) is 1.29. The number of ketones is 1. The fourth-order valence-electron chi connectivity index (χ4n) is 0.466. The zero-order valence-corrected chi connectivity index (χ0v) is 7.59. The molecule has 0 aromatic carbocycles. The lowest BCUT2D eigenvalue weighted by Gasteiger charge is -1.95. The molecule has 0 amide bonds. The largest absolute Gasteiger partial charge is 0.335 e. The highest BCUT2D eigenvalue weighted by atomic mass is 16.7. The molecule has 0 rings (SSSR count). The molecule has 0 fully saturated rings. The van der Waals surface area contributed by atoms with Crippen molar-refractivity contribution in [3.05, 3.63) is 0 Å². The molecular formula is C8H13NO3. The number of Topliss-reactive ketones (excluding diaryl/α,β-unsaturated/α-hetero) is 1. The minimum Gasteiger partial charge on any atom is -0.318 e. The molecule has 0 aliphatic rings. The van der Waals surface area contributed by atoms with Crippen molar-refractivity contribution in [2.75, 3.05) is 0 Å². The normalized spacial score (nSPS) is 8.92. The second-order valence-electron chi connectivity index (χ2n) is 2.70. The van der Waals surface area contributed by atoms with Crippen molar-refractivity contribution in [1.82, 2.24) is 0 Å². The quantitative estimate of drug-likeness (QED) is 0.364. The van der Waals surface area contributed by atoms with Gasteiger partial charge in [0.05, 0.1) is 12.1 Å². The molecule has 0 aromatic heterocycles. The Morgan fingerprint density at radius 1 is 1.17 bits per heavy atom. The Morgan fingerprint density at radius 2 is 1.75 bits per heavy atom. The molecule has 0 aliphatic carbocycles. The third-order valence-electron chi connectivity index (χ3n) is 1.01. The summed E-state index contributed by atoms with van der Waals surface area (Å²) in [7, 11) is 0. The van der Waals surface area contributed by atoms with Crippen LogP contribution in [0, 0.1) is 0 Å². The van der Waals surface area contributed by atoms with Crippen LogP contribution in [0.3, 0.4) is 0 Å². The first kappa shape index (κ1) is 10.8. The molecule has 4 heteroatoms. The van der Waals surface area contributed by atoms with E-state index in [0.29, 0.717) is 5.71 Å². The van der Waals surface area contributed by atoms with Gasteiger partial charge in [0.2, 0.25) is 0 Å². The van der Waals surface area contributed by atoms with Crippen molar-refractivity contribution in [3.8, 4) is 0 Å². The van der Waals surface area contributed by atoms with Gasteiger partial charge in [-0.25, -0.2) is 4.79 Å². The van der Waals surface area contributed by atoms with Gasteiger partial charge >= 0.3 is 5.97 Å².